The van der Waals surface area contributed by atoms with Crippen molar-refractivity contribution in [3.63, 3.8) is 0 Å². The lowest BCUT2D eigenvalue weighted by atomic mass is 9.79. The molecule has 0 radical (unpaired) electrons. The van der Waals surface area contributed by atoms with E-state index in [1.807, 2.05) is 13.8 Å². The molecule has 0 aliphatic carbocycles. The molecule has 2 aromatic rings. The van der Waals surface area contributed by atoms with Gasteiger partial charge in [0.1, 0.15) is 11.6 Å². The lowest BCUT2D eigenvalue weighted by Crippen LogP contribution is -2.27. The number of hydrogen-bond donors (Lipinski definition) is 1. The van der Waals surface area contributed by atoms with Gasteiger partial charge in [-0.2, -0.15) is 0 Å². The SMILES string of the molecule is COc1ccc(F)c(-c2ccc(CO)cc2C(OC)C(C)(C)CN=[N+]=[N-])c1. The molecule has 27 heavy (non-hydrogen) atoms. The van der Waals surface area contributed by atoms with E-state index in [1.165, 1.54) is 13.2 Å². The Labute approximate surface area is 158 Å². The Hall–Kier alpha value is -2.60. The first-order valence-electron chi connectivity index (χ1n) is 8.49. The maximum atomic E-state index is 14.6. The number of methoxy groups -OCH3 is 2. The third-order valence-electron chi connectivity index (χ3n) is 4.53. The van der Waals surface area contributed by atoms with E-state index < -0.39 is 17.3 Å². The molecule has 1 unspecified atom stereocenters. The van der Waals surface area contributed by atoms with Crippen molar-refractivity contribution < 1.29 is 19.0 Å². The zero-order valence-electron chi connectivity index (χ0n) is 15.9. The standard InChI is InChI=1S/C20H24FN3O3/c1-20(2,12-23-24-22)19(27-4)17-9-13(11-25)5-7-15(17)16-10-14(26-3)6-8-18(16)21/h5-10,19,25H,11-12H2,1-4H3. The first kappa shape index (κ1) is 20.7. The van der Waals surface area contributed by atoms with Crippen LogP contribution in [0.1, 0.15) is 31.1 Å². The highest BCUT2D eigenvalue weighted by molar-refractivity contribution is 5.70. The van der Waals surface area contributed by atoms with E-state index in [0.717, 1.165) is 0 Å². The minimum Gasteiger partial charge on any atom is -0.497 e. The van der Waals surface area contributed by atoms with E-state index in [-0.39, 0.29) is 13.2 Å². The zero-order valence-corrected chi connectivity index (χ0v) is 15.9. The molecule has 0 aromatic heterocycles. The molecule has 144 valence electrons. The number of halogens is 1. The number of aliphatic hydroxyl groups is 1. The molecule has 0 saturated carbocycles. The van der Waals surface area contributed by atoms with E-state index in [9.17, 15) is 9.50 Å². The van der Waals surface area contributed by atoms with Crippen LogP contribution >= 0.6 is 0 Å². The van der Waals surface area contributed by atoms with Crippen LogP contribution in [0, 0.1) is 11.2 Å². The second-order valence-corrected chi connectivity index (χ2v) is 6.92. The number of aliphatic hydroxyl groups excluding tert-OH is 1. The van der Waals surface area contributed by atoms with Crippen LogP contribution in [0.25, 0.3) is 21.6 Å². The van der Waals surface area contributed by atoms with Crippen LogP contribution in [0.2, 0.25) is 0 Å². The fourth-order valence-electron chi connectivity index (χ4n) is 3.17. The van der Waals surface area contributed by atoms with Gasteiger partial charge in [0, 0.05) is 29.5 Å². The van der Waals surface area contributed by atoms with Crippen LogP contribution in [0.15, 0.2) is 41.5 Å². The highest BCUT2D eigenvalue weighted by Crippen LogP contribution is 2.42. The number of azide groups is 1. The highest BCUT2D eigenvalue weighted by atomic mass is 19.1. The summed E-state index contributed by atoms with van der Waals surface area (Å²) in [5.74, 6) is 0.141. The van der Waals surface area contributed by atoms with E-state index in [1.54, 1.807) is 37.4 Å². The Balaban J connectivity index is 2.69. The molecule has 0 saturated heterocycles. The molecular weight excluding hydrogens is 349 g/mol. The molecule has 1 N–H and O–H groups in total. The number of nitrogens with zero attached hydrogens (tertiary/aromatic N) is 3. The monoisotopic (exact) mass is 373 g/mol. The number of hydrogen-bond acceptors (Lipinski definition) is 4. The number of rotatable bonds is 8. The first-order valence-corrected chi connectivity index (χ1v) is 8.49. The average Bonchev–Trinajstić information content (AvgIpc) is 2.67. The topological polar surface area (TPSA) is 87.5 Å². The highest BCUT2D eigenvalue weighted by Gasteiger charge is 2.33. The maximum absolute atomic E-state index is 14.6. The van der Waals surface area contributed by atoms with Crippen molar-refractivity contribution in [3.8, 4) is 16.9 Å². The molecule has 2 rings (SSSR count). The van der Waals surface area contributed by atoms with Gasteiger partial charge in [-0.05, 0) is 40.4 Å². The Morgan fingerprint density at radius 1 is 1.19 bits per heavy atom. The Morgan fingerprint density at radius 2 is 1.93 bits per heavy atom. The van der Waals surface area contributed by atoms with E-state index in [4.69, 9.17) is 15.0 Å². The molecule has 0 amide bonds. The summed E-state index contributed by atoms with van der Waals surface area (Å²) < 4.78 is 25.6. The summed E-state index contributed by atoms with van der Waals surface area (Å²) in [6.07, 6.45) is -0.491. The van der Waals surface area contributed by atoms with Crippen LogP contribution in [0.4, 0.5) is 4.39 Å². The molecular formula is C20H24FN3O3. The van der Waals surface area contributed by atoms with Gasteiger partial charge in [0.15, 0.2) is 0 Å². The summed E-state index contributed by atoms with van der Waals surface area (Å²) in [5.41, 5.74) is 10.5. The van der Waals surface area contributed by atoms with Gasteiger partial charge in [0.2, 0.25) is 0 Å². The van der Waals surface area contributed by atoms with Gasteiger partial charge in [0.25, 0.3) is 0 Å². The van der Waals surface area contributed by atoms with Crippen molar-refractivity contribution >= 4 is 0 Å². The minimum absolute atomic E-state index is 0.152. The molecule has 0 fully saturated rings. The molecule has 6 nitrogen and oxygen atoms in total. The first-order chi connectivity index (χ1) is 12.9. The quantitative estimate of drug-likeness (QED) is 0.400. The van der Waals surface area contributed by atoms with Gasteiger partial charge < -0.3 is 14.6 Å². The van der Waals surface area contributed by atoms with Crippen LogP contribution in [0.3, 0.4) is 0 Å². The fraction of sp³-hybridized carbons (Fsp3) is 0.400. The van der Waals surface area contributed by atoms with Crippen molar-refractivity contribution in [2.24, 2.45) is 10.5 Å². The third kappa shape index (κ3) is 4.57. The Bertz CT molecular complexity index is 848. The molecule has 0 heterocycles. The molecule has 1 atom stereocenters. The van der Waals surface area contributed by atoms with E-state index in [0.29, 0.717) is 28.0 Å². The Morgan fingerprint density at radius 3 is 2.52 bits per heavy atom. The van der Waals surface area contributed by atoms with Gasteiger partial charge in [-0.25, -0.2) is 4.39 Å². The lowest BCUT2D eigenvalue weighted by Gasteiger charge is -2.34. The summed E-state index contributed by atoms with van der Waals surface area (Å²) >= 11 is 0. The van der Waals surface area contributed by atoms with Gasteiger partial charge in [-0.3, -0.25) is 0 Å². The van der Waals surface area contributed by atoms with E-state index >= 15 is 0 Å². The van der Waals surface area contributed by atoms with Gasteiger partial charge in [0.05, 0.1) is 19.8 Å². The smallest absolute Gasteiger partial charge is 0.131 e. The van der Waals surface area contributed by atoms with Crippen LogP contribution in [-0.4, -0.2) is 25.9 Å². The largest absolute Gasteiger partial charge is 0.497 e. The predicted molar refractivity (Wildman–Crippen MR) is 102 cm³/mol. The van der Waals surface area contributed by atoms with E-state index in [2.05, 4.69) is 10.0 Å². The van der Waals surface area contributed by atoms with Crippen LogP contribution < -0.4 is 4.74 Å². The number of benzene rings is 2. The normalized spacial score (nSPS) is 12.4. The maximum Gasteiger partial charge on any atom is 0.131 e. The molecule has 0 bridgehead atoms. The van der Waals surface area contributed by atoms with Gasteiger partial charge in [-0.15, -0.1) is 0 Å². The molecule has 2 aromatic carbocycles. The van der Waals surface area contributed by atoms with Crippen molar-refractivity contribution in [2.45, 2.75) is 26.6 Å². The van der Waals surface area contributed by atoms with Crippen molar-refractivity contribution in [3.05, 3.63) is 63.8 Å². The number of ether oxygens (including phenoxy) is 2. The predicted octanol–water partition coefficient (Wildman–Crippen LogP) is 5.02. The summed E-state index contributed by atoms with van der Waals surface area (Å²) in [6, 6.07) is 9.82. The summed E-state index contributed by atoms with van der Waals surface area (Å²) in [6.45, 7) is 3.87. The molecule has 0 spiro atoms. The summed E-state index contributed by atoms with van der Waals surface area (Å²) in [5, 5.41) is 13.2. The van der Waals surface area contributed by atoms with Gasteiger partial charge >= 0.3 is 0 Å². The molecule has 0 aliphatic rings. The third-order valence-corrected chi connectivity index (χ3v) is 4.53. The molecule has 7 heteroatoms. The summed E-state index contributed by atoms with van der Waals surface area (Å²) in [4.78, 5) is 2.84. The van der Waals surface area contributed by atoms with Crippen LogP contribution in [0.5, 0.6) is 5.75 Å². The fourth-order valence-corrected chi connectivity index (χ4v) is 3.17. The van der Waals surface area contributed by atoms with Gasteiger partial charge in [-0.1, -0.05) is 37.2 Å². The van der Waals surface area contributed by atoms with Crippen molar-refractivity contribution in [1.82, 2.24) is 0 Å². The second kappa shape index (κ2) is 8.86. The van der Waals surface area contributed by atoms with Crippen LogP contribution in [-0.2, 0) is 11.3 Å². The average molecular weight is 373 g/mol. The van der Waals surface area contributed by atoms with Crippen molar-refractivity contribution in [2.75, 3.05) is 20.8 Å². The summed E-state index contributed by atoms with van der Waals surface area (Å²) in [7, 11) is 3.08. The Kier molecular flexibility index (Phi) is 6.80. The second-order valence-electron chi connectivity index (χ2n) is 6.92. The zero-order chi connectivity index (χ0) is 20.0. The minimum atomic E-state index is -0.556. The van der Waals surface area contributed by atoms with Crippen molar-refractivity contribution in [1.29, 1.82) is 0 Å². The molecule has 0 aliphatic heterocycles. The lowest BCUT2D eigenvalue weighted by molar-refractivity contribution is 0.0102.